The van der Waals surface area contributed by atoms with Crippen LogP contribution in [0.25, 0.3) is 0 Å². The maximum atomic E-state index is 13.1. The van der Waals surface area contributed by atoms with E-state index in [4.69, 9.17) is 0 Å². The van der Waals surface area contributed by atoms with Gasteiger partial charge in [-0.3, -0.25) is 14.5 Å². The molecule has 5 nitrogen and oxygen atoms in total. The van der Waals surface area contributed by atoms with Crippen LogP contribution >= 0.6 is 0 Å². The number of carbonyl (C=O) groups excluding carboxylic acids is 2. The van der Waals surface area contributed by atoms with Crippen molar-refractivity contribution in [3.05, 3.63) is 0 Å². The Kier molecular flexibility index (Phi) is 5.80. The Hall–Kier alpha value is -1.10. The van der Waals surface area contributed by atoms with Crippen LogP contribution in [0.2, 0.25) is 0 Å². The first kappa shape index (κ1) is 17.7. The lowest BCUT2D eigenvalue weighted by Gasteiger charge is -2.42. The normalized spacial score (nSPS) is 24.8. The molecule has 3 rings (SSSR count). The summed E-state index contributed by atoms with van der Waals surface area (Å²) in [4.78, 5) is 31.8. The van der Waals surface area contributed by atoms with E-state index in [1.54, 1.807) is 0 Å². The van der Waals surface area contributed by atoms with E-state index in [1.807, 2.05) is 9.80 Å². The van der Waals surface area contributed by atoms with Crippen molar-refractivity contribution in [1.82, 2.24) is 14.7 Å². The van der Waals surface area contributed by atoms with E-state index < -0.39 is 0 Å². The number of hydrogen-bond donors (Lipinski definition) is 0. The highest BCUT2D eigenvalue weighted by molar-refractivity contribution is 5.83. The molecule has 0 aromatic heterocycles. The zero-order valence-electron chi connectivity index (χ0n) is 15.4. The number of piperazine rings is 1. The Morgan fingerprint density at radius 1 is 0.792 bits per heavy atom. The maximum Gasteiger partial charge on any atom is 0.240 e. The molecule has 0 radical (unpaired) electrons. The van der Waals surface area contributed by atoms with Gasteiger partial charge in [-0.1, -0.05) is 26.7 Å². The first-order valence-corrected chi connectivity index (χ1v) is 9.89. The number of rotatable bonds is 4. The van der Waals surface area contributed by atoms with Crippen LogP contribution in [0, 0.1) is 11.8 Å². The minimum Gasteiger partial charge on any atom is -0.339 e. The van der Waals surface area contributed by atoms with Crippen molar-refractivity contribution in [3.8, 4) is 0 Å². The van der Waals surface area contributed by atoms with Crippen molar-refractivity contribution in [2.75, 3.05) is 39.3 Å². The molecule has 3 fully saturated rings. The third-order valence-electron chi connectivity index (χ3n) is 6.03. The van der Waals surface area contributed by atoms with Gasteiger partial charge in [0.25, 0.3) is 0 Å². The summed E-state index contributed by atoms with van der Waals surface area (Å²) in [6, 6.07) is 0.0131. The summed E-state index contributed by atoms with van der Waals surface area (Å²) in [5, 5.41) is 0. The lowest BCUT2D eigenvalue weighted by Crippen LogP contribution is -2.58. The fourth-order valence-corrected chi connectivity index (χ4v) is 4.31. The Labute approximate surface area is 146 Å². The summed E-state index contributed by atoms with van der Waals surface area (Å²) < 4.78 is 0. The van der Waals surface area contributed by atoms with Crippen molar-refractivity contribution < 1.29 is 9.59 Å². The molecule has 24 heavy (non-hydrogen) atoms. The minimum absolute atomic E-state index is 0.0131. The van der Waals surface area contributed by atoms with Gasteiger partial charge in [0.2, 0.25) is 11.8 Å². The topological polar surface area (TPSA) is 43.9 Å². The SMILES string of the molecule is CC(C)C(C(=O)N1CCN(C(=O)C2CCC2)CC1)N1CCCCC1. The van der Waals surface area contributed by atoms with Crippen molar-refractivity contribution in [2.45, 2.75) is 58.4 Å². The molecule has 1 unspecified atom stereocenters. The highest BCUT2D eigenvalue weighted by Crippen LogP contribution is 2.28. The molecule has 0 aromatic carbocycles. The van der Waals surface area contributed by atoms with Crippen molar-refractivity contribution >= 4 is 11.8 Å². The molecule has 1 atom stereocenters. The standard InChI is InChI=1S/C19H33N3O2/c1-15(2)17(20-9-4-3-5-10-20)19(24)22-13-11-21(12-14-22)18(23)16-7-6-8-16/h15-17H,3-14H2,1-2H3. The van der Waals surface area contributed by atoms with E-state index >= 15 is 0 Å². The Balaban J connectivity index is 1.55. The molecule has 2 aliphatic heterocycles. The highest BCUT2D eigenvalue weighted by atomic mass is 16.2. The fourth-order valence-electron chi connectivity index (χ4n) is 4.31. The molecule has 0 aromatic rings. The number of piperidine rings is 1. The second kappa shape index (κ2) is 7.85. The summed E-state index contributed by atoms with van der Waals surface area (Å²) in [6.07, 6.45) is 7.02. The second-order valence-electron chi connectivity index (χ2n) is 8.06. The second-order valence-corrected chi connectivity index (χ2v) is 8.06. The van der Waals surface area contributed by atoms with Gasteiger partial charge in [-0.15, -0.1) is 0 Å². The van der Waals surface area contributed by atoms with Crippen LogP contribution in [0.4, 0.5) is 0 Å². The highest BCUT2D eigenvalue weighted by Gasteiger charge is 2.36. The molecule has 0 N–H and O–H groups in total. The van der Waals surface area contributed by atoms with Crippen LogP contribution in [0.1, 0.15) is 52.4 Å². The van der Waals surface area contributed by atoms with Crippen LogP contribution in [-0.2, 0) is 9.59 Å². The number of amides is 2. The molecule has 2 amide bonds. The molecule has 3 aliphatic rings. The average Bonchev–Trinajstić information content (AvgIpc) is 2.54. The van der Waals surface area contributed by atoms with E-state index in [0.717, 1.165) is 25.9 Å². The first-order valence-electron chi connectivity index (χ1n) is 9.89. The maximum absolute atomic E-state index is 13.1. The summed E-state index contributed by atoms with van der Waals surface area (Å²) in [7, 11) is 0. The average molecular weight is 335 g/mol. The molecular weight excluding hydrogens is 302 g/mol. The predicted molar refractivity (Wildman–Crippen MR) is 94.6 cm³/mol. The van der Waals surface area contributed by atoms with Gasteiger partial charge in [0.05, 0.1) is 6.04 Å². The Morgan fingerprint density at radius 3 is 1.88 bits per heavy atom. The lowest BCUT2D eigenvalue weighted by molar-refractivity contribution is -0.147. The zero-order chi connectivity index (χ0) is 17.1. The molecule has 2 saturated heterocycles. The Morgan fingerprint density at radius 2 is 1.38 bits per heavy atom. The largest absolute Gasteiger partial charge is 0.339 e. The molecular formula is C19H33N3O2. The van der Waals surface area contributed by atoms with Crippen LogP contribution in [0.15, 0.2) is 0 Å². The van der Waals surface area contributed by atoms with E-state index in [0.29, 0.717) is 38.0 Å². The fraction of sp³-hybridized carbons (Fsp3) is 0.895. The third-order valence-corrected chi connectivity index (χ3v) is 6.03. The molecule has 0 spiro atoms. The van der Waals surface area contributed by atoms with E-state index in [2.05, 4.69) is 18.7 Å². The quantitative estimate of drug-likeness (QED) is 0.789. The first-order chi connectivity index (χ1) is 11.6. The number of likely N-dealkylation sites (tertiary alicyclic amines) is 1. The van der Waals surface area contributed by atoms with Crippen LogP contribution in [0.3, 0.4) is 0 Å². The van der Waals surface area contributed by atoms with E-state index in [9.17, 15) is 9.59 Å². The lowest BCUT2D eigenvalue weighted by atomic mass is 9.84. The van der Waals surface area contributed by atoms with Gasteiger partial charge in [0.1, 0.15) is 0 Å². The summed E-state index contributed by atoms with van der Waals surface area (Å²) in [5.41, 5.74) is 0. The monoisotopic (exact) mass is 335 g/mol. The number of nitrogens with zero attached hydrogens (tertiary/aromatic N) is 3. The predicted octanol–water partition coefficient (Wildman–Crippen LogP) is 1.97. The molecule has 0 bridgehead atoms. The molecule has 1 aliphatic carbocycles. The number of hydrogen-bond acceptors (Lipinski definition) is 3. The summed E-state index contributed by atoms with van der Waals surface area (Å²) in [5.74, 6) is 1.21. The molecule has 5 heteroatoms. The van der Waals surface area contributed by atoms with E-state index in [1.165, 1.54) is 25.7 Å². The van der Waals surface area contributed by atoms with Gasteiger partial charge in [-0.25, -0.2) is 0 Å². The summed E-state index contributed by atoms with van der Waals surface area (Å²) in [6.45, 7) is 9.25. The van der Waals surface area contributed by atoms with Gasteiger partial charge >= 0.3 is 0 Å². The molecule has 136 valence electrons. The van der Waals surface area contributed by atoms with Crippen LogP contribution in [-0.4, -0.2) is 71.8 Å². The van der Waals surface area contributed by atoms with Crippen molar-refractivity contribution in [2.24, 2.45) is 11.8 Å². The minimum atomic E-state index is 0.0131. The van der Waals surface area contributed by atoms with Crippen LogP contribution < -0.4 is 0 Å². The smallest absolute Gasteiger partial charge is 0.240 e. The van der Waals surface area contributed by atoms with Crippen molar-refractivity contribution in [1.29, 1.82) is 0 Å². The van der Waals surface area contributed by atoms with Gasteiger partial charge in [-0.2, -0.15) is 0 Å². The van der Waals surface area contributed by atoms with Gasteiger partial charge < -0.3 is 9.80 Å². The van der Waals surface area contributed by atoms with Gasteiger partial charge in [-0.05, 0) is 44.7 Å². The summed E-state index contributed by atoms with van der Waals surface area (Å²) >= 11 is 0. The van der Waals surface area contributed by atoms with Gasteiger partial charge in [0.15, 0.2) is 0 Å². The molecule has 1 saturated carbocycles. The van der Waals surface area contributed by atoms with Crippen molar-refractivity contribution in [3.63, 3.8) is 0 Å². The number of carbonyl (C=O) groups is 2. The van der Waals surface area contributed by atoms with E-state index in [-0.39, 0.29) is 17.9 Å². The third kappa shape index (κ3) is 3.76. The van der Waals surface area contributed by atoms with Crippen LogP contribution in [0.5, 0.6) is 0 Å². The van der Waals surface area contributed by atoms with Gasteiger partial charge in [0, 0.05) is 32.1 Å². The zero-order valence-corrected chi connectivity index (χ0v) is 15.4. The molecule has 2 heterocycles. The Bertz CT molecular complexity index is 448.